The van der Waals surface area contributed by atoms with Crippen LogP contribution >= 0.6 is 15.9 Å². The molecule has 0 radical (unpaired) electrons. The second-order valence-corrected chi connectivity index (χ2v) is 5.57. The van der Waals surface area contributed by atoms with E-state index in [2.05, 4.69) is 21.2 Å². The zero-order valence-electron chi connectivity index (χ0n) is 11.6. The highest BCUT2D eigenvalue weighted by Crippen LogP contribution is 2.26. The number of rotatable bonds is 5. The Bertz CT molecular complexity index is 586. The SMILES string of the molecule is COc1ccc(C)cc1NCC(O)c1cccc(Br)c1. The summed E-state index contributed by atoms with van der Waals surface area (Å²) in [5.41, 5.74) is 2.91. The highest BCUT2D eigenvalue weighted by Gasteiger charge is 2.09. The Balaban J connectivity index is 2.06. The summed E-state index contributed by atoms with van der Waals surface area (Å²) in [5, 5.41) is 13.4. The van der Waals surface area contributed by atoms with Crippen molar-refractivity contribution in [2.24, 2.45) is 0 Å². The molecule has 0 saturated heterocycles. The maximum atomic E-state index is 10.2. The van der Waals surface area contributed by atoms with Gasteiger partial charge >= 0.3 is 0 Å². The van der Waals surface area contributed by atoms with Crippen LogP contribution in [0.4, 0.5) is 5.69 Å². The maximum Gasteiger partial charge on any atom is 0.141 e. The fraction of sp³-hybridized carbons (Fsp3) is 0.250. The van der Waals surface area contributed by atoms with Crippen LogP contribution in [-0.2, 0) is 0 Å². The van der Waals surface area contributed by atoms with E-state index in [0.29, 0.717) is 6.54 Å². The summed E-state index contributed by atoms with van der Waals surface area (Å²) < 4.78 is 6.27. The second kappa shape index (κ2) is 6.77. The second-order valence-electron chi connectivity index (χ2n) is 4.66. The smallest absolute Gasteiger partial charge is 0.141 e. The van der Waals surface area contributed by atoms with Gasteiger partial charge in [-0.15, -0.1) is 0 Å². The molecule has 1 atom stereocenters. The maximum absolute atomic E-state index is 10.2. The summed E-state index contributed by atoms with van der Waals surface area (Å²) in [4.78, 5) is 0. The quantitative estimate of drug-likeness (QED) is 0.870. The number of aliphatic hydroxyl groups is 1. The first kappa shape index (κ1) is 14.9. The van der Waals surface area contributed by atoms with Crippen LogP contribution in [-0.4, -0.2) is 18.8 Å². The van der Waals surface area contributed by atoms with E-state index in [0.717, 1.165) is 27.0 Å². The highest BCUT2D eigenvalue weighted by atomic mass is 79.9. The van der Waals surface area contributed by atoms with Crippen LogP contribution in [0.5, 0.6) is 5.75 Å². The summed E-state index contributed by atoms with van der Waals surface area (Å²) in [6, 6.07) is 13.6. The van der Waals surface area contributed by atoms with Crippen molar-refractivity contribution in [3.05, 3.63) is 58.1 Å². The van der Waals surface area contributed by atoms with Crippen LogP contribution < -0.4 is 10.1 Å². The Morgan fingerprint density at radius 2 is 2.05 bits per heavy atom. The zero-order chi connectivity index (χ0) is 14.5. The fourth-order valence-corrected chi connectivity index (χ4v) is 2.42. The monoisotopic (exact) mass is 335 g/mol. The largest absolute Gasteiger partial charge is 0.495 e. The first-order valence-electron chi connectivity index (χ1n) is 6.42. The molecule has 0 aliphatic heterocycles. The zero-order valence-corrected chi connectivity index (χ0v) is 13.1. The predicted octanol–water partition coefficient (Wildman–Crippen LogP) is 3.91. The minimum Gasteiger partial charge on any atom is -0.495 e. The van der Waals surface area contributed by atoms with Gasteiger partial charge in [-0.2, -0.15) is 0 Å². The number of hydrogen-bond acceptors (Lipinski definition) is 3. The summed E-state index contributed by atoms with van der Waals surface area (Å²) in [6.45, 7) is 2.45. The van der Waals surface area contributed by atoms with E-state index in [4.69, 9.17) is 4.74 Å². The van der Waals surface area contributed by atoms with E-state index in [1.807, 2.05) is 49.4 Å². The first-order chi connectivity index (χ1) is 9.60. The normalized spacial score (nSPS) is 12.0. The molecule has 4 heteroatoms. The van der Waals surface area contributed by atoms with Crippen molar-refractivity contribution in [3.8, 4) is 5.75 Å². The van der Waals surface area contributed by atoms with Crippen molar-refractivity contribution in [1.82, 2.24) is 0 Å². The van der Waals surface area contributed by atoms with Crippen LogP contribution in [0.2, 0.25) is 0 Å². The molecule has 0 aliphatic rings. The van der Waals surface area contributed by atoms with Gasteiger partial charge < -0.3 is 15.2 Å². The molecule has 0 saturated carbocycles. The van der Waals surface area contributed by atoms with Crippen LogP contribution in [0.15, 0.2) is 46.9 Å². The average Bonchev–Trinajstić information content (AvgIpc) is 2.45. The summed E-state index contributed by atoms with van der Waals surface area (Å²) in [7, 11) is 1.64. The van der Waals surface area contributed by atoms with Gasteiger partial charge in [-0.3, -0.25) is 0 Å². The van der Waals surface area contributed by atoms with E-state index in [-0.39, 0.29) is 0 Å². The number of hydrogen-bond donors (Lipinski definition) is 2. The molecule has 106 valence electrons. The molecule has 2 N–H and O–H groups in total. The van der Waals surface area contributed by atoms with Gasteiger partial charge in [-0.05, 0) is 42.3 Å². The number of aryl methyl sites for hydroxylation is 1. The highest BCUT2D eigenvalue weighted by molar-refractivity contribution is 9.10. The number of benzene rings is 2. The van der Waals surface area contributed by atoms with Gasteiger partial charge in [0.05, 0.1) is 18.9 Å². The van der Waals surface area contributed by atoms with Gasteiger partial charge in [0, 0.05) is 11.0 Å². The summed E-state index contributed by atoms with van der Waals surface area (Å²) in [5.74, 6) is 0.775. The number of ether oxygens (including phenoxy) is 1. The van der Waals surface area contributed by atoms with Crippen LogP contribution in [0.3, 0.4) is 0 Å². The molecule has 1 unspecified atom stereocenters. The molecule has 0 spiro atoms. The molecule has 3 nitrogen and oxygen atoms in total. The van der Waals surface area contributed by atoms with Crippen LogP contribution in [0.1, 0.15) is 17.2 Å². The molecular formula is C16H18BrNO2. The third-order valence-corrected chi connectivity index (χ3v) is 3.57. The van der Waals surface area contributed by atoms with Gasteiger partial charge in [0.1, 0.15) is 5.75 Å². The lowest BCUT2D eigenvalue weighted by molar-refractivity contribution is 0.191. The Morgan fingerprint density at radius 3 is 2.75 bits per heavy atom. The minimum atomic E-state index is -0.572. The lowest BCUT2D eigenvalue weighted by Gasteiger charge is -2.16. The van der Waals surface area contributed by atoms with Gasteiger partial charge in [-0.25, -0.2) is 0 Å². The molecule has 0 amide bonds. The minimum absolute atomic E-state index is 0.427. The molecule has 0 aliphatic carbocycles. The fourth-order valence-electron chi connectivity index (χ4n) is 2.00. The molecule has 2 rings (SSSR count). The lowest BCUT2D eigenvalue weighted by atomic mass is 10.1. The molecule has 0 fully saturated rings. The first-order valence-corrected chi connectivity index (χ1v) is 7.21. The summed E-state index contributed by atoms with van der Waals surface area (Å²) >= 11 is 3.41. The van der Waals surface area contributed by atoms with E-state index in [9.17, 15) is 5.11 Å². The molecule has 0 heterocycles. The van der Waals surface area contributed by atoms with Crippen molar-refractivity contribution < 1.29 is 9.84 Å². The van der Waals surface area contributed by atoms with E-state index < -0.39 is 6.10 Å². The molecule has 2 aromatic carbocycles. The average molecular weight is 336 g/mol. The molecule has 20 heavy (non-hydrogen) atoms. The number of halogens is 1. The van der Waals surface area contributed by atoms with Crippen LogP contribution in [0.25, 0.3) is 0 Å². The standard InChI is InChI=1S/C16H18BrNO2/c1-11-6-7-16(20-2)14(8-11)18-10-15(19)12-4-3-5-13(17)9-12/h3-9,15,18-19H,10H2,1-2H3. The third kappa shape index (κ3) is 3.74. The molecule has 2 aromatic rings. The molecule has 0 aromatic heterocycles. The van der Waals surface area contributed by atoms with Gasteiger partial charge in [0.25, 0.3) is 0 Å². The van der Waals surface area contributed by atoms with Crippen molar-refractivity contribution in [2.75, 3.05) is 19.0 Å². The van der Waals surface area contributed by atoms with Crippen molar-refractivity contribution >= 4 is 21.6 Å². The summed E-state index contributed by atoms with van der Waals surface area (Å²) in [6.07, 6.45) is -0.572. The van der Waals surface area contributed by atoms with E-state index in [1.54, 1.807) is 7.11 Å². The van der Waals surface area contributed by atoms with Gasteiger partial charge in [-0.1, -0.05) is 34.1 Å². The van der Waals surface area contributed by atoms with Crippen molar-refractivity contribution in [3.63, 3.8) is 0 Å². The molecular weight excluding hydrogens is 318 g/mol. The lowest BCUT2D eigenvalue weighted by Crippen LogP contribution is -2.12. The topological polar surface area (TPSA) is 41.5 Å². The predicted molar refractivity (Wildman–Crippen MR) is 85.3 cm³/mol. The van der Waals surface area contributed by atoms with Gasteiger partial charge in [0.15, 0.2) is 0 Å². The Hall–Kier alpha value is -1.52. The number of anilines is 1. The number of nitrogens with one attached hydrogen (secondary N) is 1. The van der Waals surface area contributed by atoms with E-state index >= 15 is 0 Å². The Kier molecular flexibility index (Phi) is 5.04. The number of aliphatic hydroxyl groups excluding tert-OH is 1. The Labute approximate surface area is 127 Å². The Morgan fingerprint density at radius 1 is 1.25 bits per heavy atom. The van der Waals surface area contributed by atoms with Crippen molar-refractivity contribution in [1.29, 1.82) is 0 Å². The van der Waals surface area contributed by atoms with Crippen LogP contribution in [0, 0.1) is 6.92 Å². The third-order valence-electron chi connectivity index (χ3n) is 3.07. The van der Waals surface area contributed by atoms with Gasteiger partial charge in [0.2, 0.25) is 0 Å². The number of methoxy groups -OCH3 is 1. The molecule has 0 bridgehead atoms. The van der Waals surface area contributed by atoms with E-state index in [1.165, 1.54) is 0 Å². The van der Waals surface area contributed by atoms with Crippen molar-refractivity contribution in [2.45, 2.75) is 13.0 Å².